The van der Waals surface area contributed by atoms with Gasteiger partial charge in [-0.25, -0.2) is 4.79 Å². The highest BCUT2D eigenvalue weighted by Gasteiger charge is 2.11. The van der Waals surface area contributed by atoms with Gasteiger partial charge in [0.1, 0.15) is 5.75 Å². The molecule has 0 spiro atoms. The molecule has 0 aliphatic rings. The Kier molecular flexibility index (Phi) is 14.2. The SMILES string of the molecule is CCCCCCCCCCCCCCCCOC(=O)Oc1cc(N)c(O)c(Cl)c1. The van der Waals surface area contributed by atoms with E-state index in [2.05, 4.69) is 6.92 Å². The van der Waals surface area contributed by atoms with Gasteiger partial charge in [0.25, 0.3) is 0 Å². The van der Waals surface area contributed by atoms with Crippen LogP contribution in [0.2, 0.25) is 5.02 Å². The summed E-state index contributed by atoms with van der Waals surface area (Å²) in [5.74, 6) is -0.0777. The summed E-state index contributed by atoms with van der Waals surface area (Å²) in [5.41, 5.74) is 5.61. The topological polar surface area (TPSA) is 81.8 Å². The Morgan fingerprint density at radius 2 is 1.38 bits per heavy atom. The number of unbranched alkanes of at least 4 members (excludes halogenated alkanes) is 13. The molecular weight excluding hydrogens is 390 g/mol. The number of carbonyl (C=O) groups excluding carboxylic acids is 1. The summed E-state index contributed by atoms with van der Waals surface area (Å²) in [5, 5.41) is 9.52. The molecule has 0 saturated heterocycles. The minimum atomic E-state index is -0.791. The molecule has 0 fully saturated rings. The van der Waals surface area contributed by atoms with Crippen molar-refractivity contribution >= 4 is 23.4 Å². The van der Waals surface area contributed by atoms with E-state index in [4.69, 9.17) is 26.8 Å². The highest BCUT2D eigenvalue weighted by atomic mass is 35.5. The molecule has 5 nitrogen and oxygen atoms in total. The molecule has 6 heteroatoms. The molecule has 0 saturated carbocycles. The third-order valence-corrected chi connectivity index (χ3v) is 5.27. The summed E-state index contributed by atoms with van der Waals surface area (Å²) in [6, 6.07) is 2.65. The Bertz CT molecular complexity index is 557. The molecule has 0 radical (unpaired) electrons. The number of hydrogen-bond donors (Lipinski definition) is 2. The molecule has 0 aliphatic heterocycles. The minimum absolute atomic E-state index is 0.0276. The van der Waals surface area contributed by atoms with Crippen LogP contribution in [-0.2, 0) is 4.74 Å². The largest absolute Gasteiger partial charge is 0.513 e. The molecule has 0 bridgehead atoms. The van der Waals surface area contributed by atoms with E-state index in [-0.39, 0.29) is 22.2 Å². The first-order chi connectivity index (χ1) is 14.0. The molecule has 166 valence electrons. The van der Waals surface area contributed by atoms with Gasteiger partial charge in [-0.15, -0.1) is 0 Å². The van der Waals surface area contributed by atoms with Crippen LogP contribution in [-0.4, -0.2) is 17.9 Å². The first kappa shape index (κ1) is 25.4. The van der Waals surface area contributed by atoms with Crippen molar-refractivity contribution in [3.63, 3.8) is 0 Å². The summed E-state index contributed by atoms with van der Waals surface area (Å²) in [6.07, 6.45) is 17.1. The molecule has 29 heavy (non-hydrogen) atoms. The molecule has 1 aromatic carbocycles. The fourth-order valence-corrected chi connectivity index (χ4v) is 3.45. The maximum atomic E-state index is 11.7. The molecule has 0 aliphatic carbocycles. The summed E-state index contributed by atoms with van der Waals surface area (Å²) < 4.78 is 10.1. The highest BCUT2D eigenvalue weighted by molar-refractivity contribution is 6.32. The number of benzene rings is 1. The van der Waals surface area contributed by atoms with Crippen molar-refractivity contribution in [2.24, 2.45) is 0 Å². The first-order valence-electron chi connectivity index (χ1n) is 11.2. The van der Waals surface area contributed by atoms with Gasteiger partial charge in [0, 0.05) is 12.1 Å². The lowest BCUT2D eigenvalue weighted by Crippen LogP contribution is -2.11. The number of aromatic hydroxyl groups is 1. The van der Waals surface area contributed by atoms with Crippen molar-refractivity contribution in [2.75, 3.05) is 12.3 Å². The summed E-state index contributed by atoms with van der Waals surface area (Å²) in [6.45, 7) is 2.59. The standard InChI is InChI=1S/C23H38ClNO4/c1-2-3-4-5-6-7-8-9-10-11-12-13-14-15-16-28-23(27)29-19-17-20(24)22(26)21(25)18-19/h17-18,26H,2-16,25H2,1H3. The quantitative estimate of drug-likeness (QED) is 0.0931. The summed E-state index contributed by atoms with van der Waals surface area (Å²) >= 11 is 5.79. The summed E-state index contributed by atoms with van der Waals surface area (Å²) in [7, 11) is 0. The number of hydrogen-bond acceptors (Lipinski definition) is 5. The number of carbonyl (C=O) groups is 1. The lowest BCUT2D eigenvalue weighted by atomic mass is 10.0. The van der Waals surface area contributed by atoms with E-state index in [1.165, 1.54) is 89.2 Å². The Labute approximate surface area is 180 Å². The van der Waals surface area contributed by atoms with Crippen molar-refractivity contribution < 1.29 is 19.4 Å². The lowest BCUT2D eigenvalue weighted by molar-refractivity contribution is 0.0973. The average molecular weight is 428 g/mol. The normalized spacial score (nSPS) is 10.8. The van der Waals surface area contributed by atoms with Crippen LogP contribution in [0.15, 0.2) is 12.1 Å². The van der Waals surface area contributed by atoms with Gasteiger partial charge < -0.3 is 20.3 Å². The molecule has 0 aromatic heterocycles. The van der Waals surface area contributed by atoms with E-state index < -0.39 is 6.16 Å². The van der Waals surface area contributed by atoms with Gasteiger partial charge in [-0.2, -0.15) is 0 Å². The molecule has 0 unspecified atom stereocenters. The highest BCUT2D eigenvalue weighted by Crippen LogP contribution is 2.34. The van der Waals surface area contributed by atoms with Gasteiger partial charge in [-0.3, -0.25) is 0 Å². The van der Waals surface area contributed by atoms with E-state index in [0.29, 0.717) is 6.61 Å². The van der Waals surface area contributed by atoms with E-state index in [1.54, 1.807) is 0 Å². The third-order valence-electron chi connectivity index (χ3n) is 4.99. The van der Waals surface area contributed by atoms with Crippen LogP contribution in [0.25, 0.3) is 0 Å². The van der Waals surface area contributed by atoms with E-state index in [9.17, 15) is 9.90 Å². The van der Waals surface area contributed by atoms with Crippen molar-refractivity contribution in [1.82, 2.24) is 0 Å². The van der Waals surface area contributed by atoms with Gasteiger partial charge in [-0.05, 0) is 6.42 Å². The second kappa shape index (κ2) is 16.2. The molecule has 1 rings (SSSR count). The Hall–Kier alpha value is -1.62. The molecule has 1 aromatic rings. The Morgan fingerprint density at radius 3 is 1.86 bits per heavy atom. The van der Waals surface area contributed by atoms with Gasteiger partial charge >= 0.3 is 6.16 Å². The Balaban J connectivity index is 1.91. The predicted octanol–water partition coefficient (Wildman–Crippen LogP) is 7.62. The van der Waals surface area contributed by atoms with Crippen LogP contribution in [0.5, 0.6) is 11.5 Å². The smallest absolute Gasteiger partial charge is 0.504 e. The van der Waals surface area contributed by atoms with Crippen LogP contribution < -0.4 is 10.5 Å². The number of rotatable bonds is 16. The zero-order valence-electron chi connectivity index (χ0n) is 17.9. The zero-order chi connectivity index (χ0) is 21.3. The monoisotopic (exact) mass is 427 g/mol. The number of halogens is 1. The second-order valence-corrected chi connectivity index (χ2v) is 8.05. The average Bonchev–Trinajstić information content (AvgIpc) is 2.69. The van der Waals surface area contributed by atoms with E-state index in [0.717, 1.165) is 12.8 Å². The van der Waals surface area contributed by atoms with Crippen molar-refractivity contribution in [2.45, 2.75) is 96.8 Å². The summed E-state index contributed by atoms with van der Waals surface area (Å²) in [4.78, 5) is 11.7. The first-order valence-corrected chi connectivity index (χ1v) is 11.5. The van der Waals surface area contributed by atoms with Crippen molar-refractivity contribution in [3.05, 3.63) is 17.2 Å². The molecule has 3 N–H and O–H groups in total. The zero-order valence-corrected chi connectivity index (χ0v) is 18.6. The second-order valence-electron chi connectivity index (χ2n) is 7.64. The lowest BCUT2D eigenvalue weighted by Gasteiger charge is -2.08. The number of anilines is 1. The molecule has 0 heterocycles. The third kappa shape index (κ3) is 12.5. The van der Waals surface area contributed by atoms with Gasteiger partial charge in [0.15, 0.2) is 5.75 Å². The number of phenolic OH excluding ortho intramolecular Hbond substituents is 1. The van der Waals surface area contributed by atoms with Crippen LogP contribution in [0, 0.1) is 0 Å². The molecule has 0 atom stereocenters. The van der Waals surface area contributed by atoms with Gasteiger partial charge in [0.05, 0.1) is 17.3 Å². The van der Waals surface area contributed by atoms with Crippen LogP contribution in [0.3, 0.4) is 0 Å². The minimum Gasteiger partial charge on any atom is -0.504 e. The van der Waals surface area contributed by atoms with E-state index >= 15 is 0 Å². The number of nitrogens with two attached hydrogens (primary N) is 1. The molecule has 0 amide bonds. The van der Waals surface area contributed by atoms with Gasteiger partial charge in [-0.1, -0.05) is 102 Å². The molecular formula is C23H38ClNO4. The van der Waals surface area contributed by atoms with E-state index in [1.807, 2.05) is 0 Å². The number of phenols is 1. The fraction of sp³-hybridized carbons (Fsp3) is 0.696. The predicted molar refractivity (Wildman–Crippen MR) is 120 cm³/mol. The maximum Gasteiger partial charge on any atom is 0.513 e. The van der Waals surface area contributed by atoms with Crippen molar-refractivity contribution in [1.29, 1.82) is 0 Å². The van der Waals surface area contributed by atoms with Gasteiger partial charge in [0.2, 0.25) is 0 Å². The number of nitrogen functional groups attached to an aromatic ring is 1. The van der Waals surface area contributed by atoms with Crippen LogP contribution in [0.4, 0.5) is 10.5 Å². The Morgan fingerprint density at radius 1 is 0.897 bits per heavy atom. The number of ether oxygens (including phenoxy) is 2. The van der Waals surface area contributed by atoms with Crippen LogP contribution >= 0.6 is 11.6 Å². The van der Waals surface area contributed by atoms with Crippen LogP contribution in [0.1, 0.15) is 96.8 Å². The fourth-order valence-electron chi connectivity index (χ4n) is 3.23. The maximum absolute atomic E-state index is 11.7. The van der Waals surface area contributed by atoms with Crippen molar-refractivity contribution in [3.8, 4) is 11.5 Å².